The molecule has 0 spiro atoms. The van der Waals surface area contributed by atoms with Crippen molar-refractivity contribution in [2.24, 2.45) is 0 Å². The molecule has 1 aromatic heterocycles. The van der Waals surface area contributed by atoms with Gasteiger partial charge in [-0.2, -0.15) is 5.10 Å². The Morgan fingerprint density at radius 1 is 1.33 bits per heavy atom. The number of nitrogens with zero attached hydrogens (tertiary/aromatic N) is 3. The van der Waals surface area contributed by atoms with E-state index in [4.69, 9.17) is 0 Å². The zero-order valence-electron chi connectivity index (χ0n) is 10.7. The van der Waals surface area contributed by atoms with Crippen molar-refractivity contribution < 1.29 is 4.92 Å². The number of hydrogen-bond acceptors (Lipinski definition) is 3. The number of aromatic nitrogens is 2. The van der Waals surface area contributed by atoms with Gasteiger partial charge >= 0.3 is 0 Å². The first kappa shape index (κ1) is 12.3. The molecular formula is C13H15N3O2. The molecule has 0 aliphatic heterocycles. The molecule has 0 aliphatic carbocycles. The topological polar surface area (TPSA) is 61.0 Å². The molecule has 0 saturated carbocycles. The van der Waals surface area contributed by atoms with Crippen LogP contribution in [0.25, 0.3) is 0 Å². The van der Waals surface area contributed by atoms with E-state index < -0.39 is 0 Å². The van der Waals surface area contributed by atoms with Crippen LogP contribution in [-0.4, -0.2) is 14.7 Å². The van der Waals surface area contributed by atoms with Gasteiger partial charge in [0.05, 0.1) is 17.2 Å². The van der Waals surface area contributed by atoms with E-state index in [1.54, 1.807) is 13.0 Å². The van der Waals surface area contributed by atoms with Gasteiger partial charge in [-0.05, 0) is 32.4 Å². The van der Waals surface area contributed by atoms with Gasteiger partial charge in [0.25, 0.3) is 5.69 Å². The molecule has 1 heterocycles. The zero-order valence-corrected chi connectivity index (χ0v) is 10.7. The van der Waals surface area contributed by atoms with Gasteiger partial charge in [0.2, 0.25) is 0 Å². The van der Waals surface area contributed by atoms with Gasteiger partial charge in [-0.3, -0.25) is 14.8 Å². The largest absolute Gasteiger partial charge is 0.272 e. The predicted molar refractivity (Wildman–Crippen MR) is 68.6 cm³/mol. The number of rotatable bonds is 3. The summed E-state index contributed by atoms with van der Waals surface area (Å²) in [4.78, 5) is 10.5. The second kappa shape index (κ2) is 4.60. The van der Waals surface area contributed by atoms with Crippen LogP contribution in [0.1, 0.15) is 22.5 Å². The molecule has 5 heteroatoms. The van der Waals surface area contributed by atoms with Crippen LogP contribution in [0.4, 0.5) is 5.69 Å². The average molecular weight is 245 g/mol. The van der Waals surface area contributed by atoms with Gasteiger partial charge in [0.15, 0.2) is 0 Å². The summed E-state index contributed by atoms with van der Waals surface area (Å²) in [6, 6.07) is 7.14. The SMILES string of the molecule is Cc1cc(C)n(Cc2cccc([N+](=O)[O-])c2C)n1. The normalized spacial score (nSPS) is 10.6. The number of nitro groups is 1. The minimum atomic E-state index is -0.347. The molecule has 0 amide bonds. The van der Waals surface area contributed by atoms with Crippen LogP contribution in [0.5, 0.6) is 0 Å². The molecule has 94 valence electrons. The quantitative estimate of drug-likeness (QED) is 0.617. The average Bonchev–Trinajstić information content (AvgIpc) is 2.60. The van der Waals surface area contributed by atoms with E-state index in [1.165, 1.54) is 6.07 Å². The molecule has 0 N–H and O–H groups in total. The number of hydrogen-bond donors (Lipinski definition) is 0. The van der Waals surface area contributed by atoms with E-state index in [9.17, 15) is 10.1 Å². The smallest absolute Gasteiger partial charge is 0.265 e. The summed E-state index contributed by atoms with van der Waals surface area (Å²) in [5, 5.41) is 15.2. The highest BCUT2D eigenvalue weighted by Gasteiger charge is 2.14. The van der Waals surface area contributed by atoms with Crippen molar-refractivity contribution in [3.8, 4) is 0 Å². The summed E-state index contributed by atoms with van der Waals surface area (Å²) >= 11 is 0. The second-order valence-electron chi connectivity index (χ2n) is 4.40. The fourth-order valence-corrected chi connectivity index (χ4v) is 2.04. The first-order valence-electron chi connectivity index (χ1n) is 5.73. The predicted octanol–water partition coefficient (Wildman–Crippen LogP) is 2.76. The summed E-state index contributed by atoms with van der Waals surface area (Å²) in [7, 11) is 0. The van der Waals surface area contributed by atoms with Crippen LogP contribution in [0.15, 0.2) is 24.3 Å². The lowest BCUT2D eigenvalue weighted by Crippen LogP contribution is -2.06. The maximum Gasteiger partial charge on any atom is 0.272 e. The van der Waals surface area contributed by atoms with Gasteiger partial charge in [-0.1, -0.05) is 12.1 Å². The molecule has 5 nitrogen and oxygen atoms in total. The molecule has 1 aromatic carbocycles. The molecule has 18 heavy (non-hydrogen) atoms. The third kappa shape index (κ3) is 2.25. The monoisotopic (exact) mass is 245 g/mol. The van der Waals surface area contributed by atoms with Crippen molar-refractivity contribution in [2.75, 3.05) is 0 Å². The summed E-state index contributed by atoms with van der Waals surface area (Å²) < 4.78 is 1.86. The van der Waals surface area contributed by atoms with Gasteiger partial charge in [0.1, 0.15) is 0 Å². The highest BCUT2D eigenvalue weighted by Crippen LogP contribution is 2.22. The minimum Gasteiger partial charge on any atom is -0.265 e. The Labute approximate surface area is 105 Å². The van der Waals surface area contributed by atoms with Crippen molar-refractivity contribution in [1.29, 1.82) is 0 Å². The maximum absolute atomic E-state index is 10.9. The van der Waals surface area contributed by atoms with Gasteiger partial charge < -0.3 is 0 Å². The van der Waals surface area contributed by atoms with Crippen molar-refractivity contribution in [3.63, 3.8) is 0 Å². The highest BCUT2D eigenvalue weighted by molar-refractivity contribution is 5.44. The first-order chi connectivity index (χ1) is 8.49. The van der Waals surface area contributed by atoms with E-state index in [1.807, 2.05) is 30.7 Å². The minimum absolute atomic E-state index is 0.161. The third-order valence-electron chi connectivity index (χ3n) is 3.04. The van der Waals surface area contributed by atoms with Crippen molar-refractivity contribution in [2.45, 2.75) is 27.3 Å². The molecule has 0 unspecified atom stereocenters. The Hall–Kier alpha value is -2.17. The van der Waals surface area contributed by atoms with Crippen LogP contribution in [0.3, 0.4) is 0 Å². The Balaban J connectivity index is 2.38. The summed E-state index contributed by atoms with van der Waals surface area (Å²) in [6.45, 7) is 6.25. The summed E-state index contributed by atoms with van der Waals surface area (Å²) in [6.07, 6.45) is 0. The molecular weight excluding hydrogens is 230 g/mol. The van der Waals surface area contributed by atoms with Crippen molar-refractivity contribution in [3.05, 3.63) is 56.9 Å². The first-order valence-corrected chi connectivity index (χ1v) is 5.73. The Kier molecular flexibility index (Phi) is 3.14. The molecule has 0 fully saturated rings. The van der Waals surface area contributed by atoms with Crippen LogP contribution in [0.2, 0.25) is 0 Å². The van der Waals surface area contributed by atoms with Gasteiger partial charge in [0, 0.05) is 17.3 Å². The summed E-state index contributed by atoms with van der Waals surface area (Å²) in [5.74, 6) is 0. The number of nitro benzene ring substituents is 1. The van der Waals surface area contributed by atoms with Crippen LogP contribution < -0.4 is 0 Å². The zero-order chi connectivity index (χ0) is 13.3. The number of aryl methyl sites for hydroxylation is 2. The molecule has 0 radical (unpaired) electrons. The third-order valence-corrected chi connectivity index (χ3v) is 3.04. The standard InChI is InChI=1S/C13H15N3O2/c1-9-7-10(2)15(14-9)8-12-5-4-6-13(11(12)3)16(17)18/h4-7H,8H2,1-3H3. The lowest BCUT2D eigenvalue weighted by atomic mass is 10.1. The maximum atomic E-state index is 10.9. The Morgan fingerprint density at radius 3 is 2.61 bits per heavy atom. The van der Waals surface area contributed by atoms with Crippen LogP contribution in [-0.2, 0) is 6.54 Å². The van der Waals surface area contributed by atoms with Crippen molar-refractivity contribution >= 4 is 5.69 Å². The van der Waals surface area contributed by atoms with E-state index >= 15 is 0 Å². The fourth-order valence-electron chi connectivity index (χ4n) is 2.04. The molecule has 2 aromatic rings. The Morgan fingerprint density at radius 2 is 2.06 bits per heavy atom. The lowest BCUT2D eigenvalue weighted by molar-refractivity contribution is -0.385. The van der Waals surface area contributed by atoms with Crippen LogP contribution in [0, 0.1) is 30.9 Å². The van der Waals surface area contributed by atoms with Gasteiger partial charge in [-0.15, -0.1) is 0 Å². The van der Waals surface area contributed by atoms with E-state index in [0.717, 1.165) is 17.0 Å². The van der Waals surface area contributed by atoms with Gasteiger partial charge in [-0.25, -0.2) is 0 Å². The molecule has 0 saturated heterocycles. The van der Waals surface area contributed by atoms with E-state index in [0.29, 0.717) is 12.1 Å². The lowest BCUT2D eigenvalue weighted by Gasteiger charge is -2.08. The van der Waals surface area contributed by atoms with Crippen molar-refractivity contribution in [1.82, 2.24) is 9.78 Å². The molecule has 0 atom stereocenters. The number of benzene rings is 1. The highest BCUT2D eigenvalue weighted by atomic mass is 16.6. The van der Waals surface area contributed by atoms with Crippen LogP contribution >= 0.6 is 0 Å². The van der Waals surface area contributed by atoms with E-state index in [2.05, 4.69) is 5.10 Å². The molecule has 0 aliphatic rings. The van der Waals surface area contributed by atoms with E-state index in [-0.39, 0.29) is 10.6 Å². The summed E-state index contributed by atoms with van der Waals surface area (Å²) in [5.41, 5.74) is 3.80. The fraction of sp³-hybridized carbons (Fsp3) is 0.308. The second-order valence-corrected chi connectivity index (χ2v) is 4.40. The Bertz CT molecular complexity index is 602. The molecule has 0 bridgehead atoms. The molecule has 2 rings (SSSR count).